The molecule has 0 fully saturated rings. The maximum absolute atomic E-state index is 12.1. The summed E-state index contributed by atoms with van der Waals surface area (Å²) in [6, 6.07) is 16.4. The van der Waals surface area contributed by atoms with Crippen molar-refractivity contribution in [3.05, 3.63) is 108 Å². The van der Waals surface area contributed by atoms with Crippen molar-refractivity contribution in [1.82, 2.24) is 5.43 Å². The van der Waals surface area contributed by atoms with Gasteiger partial charge in [-0.1, -0.05) is 0 Å². The zero-order chi connectivity index (χ0) is 23.1. The summed E-state index contributed by atoms with van der Waals surface area (Å²) in [5.41, 5.74) is 3.97. The number of hydrazone groups is 1. The number of non-ortho nitro benzene ring substituents is 2. The first-order valence-corrected chi connectivity index (χ1v) is 9.86. The van der Waals surface area contributed by atoms with Crippen LogP contribution in [0.15, 0.2) is 76.3 Å². The van der Waals surface area contributed by atoms with Crippen LogP contribution in [0.4, 0.5) is 11.4 Å². The fourth-order valence-electron chi connectivity index (χ4n) is 2.55. The lowest BCUT2D eigenvalue weighted by Crippen LogP contribution is -2.17. The molecule has 0 atom stereocenters. The van der Waals surface area contributed by atoms with E-state index in [2.05, 4.69) is 26.5 Å². The lowest BCUT2D eigenvalue weighted by atomic mass is 10.2. The maximum atomic E-state index is 12.1. The summed E-state index contributed by atoms with van der Waals surface area (Å²) >= 11 is 3.41. The van der Waals surface area contributed by atoms with Gasteiger partial charge in [0.1, 0.15) is 12.4 Å². The molecule has 0 heterocycles. The van der Waals surface area contributed by atoms with Gasteiger partial charge in [-0.05, 0) is 69.5 Å². The third-order valence-corrected chi connectivity index (χ3v) is 4.84. The lowest BCUT2D eigenvalue weighted by Gasteiger charge is -2.09. The van der Waals surface area contributed by atoms with E-state index >= 15 is 0 Å². The monoisotopic (exact) mass is 498 g/mol. The van der Waals surface area contributed by atoms with Gasteiger partial charge in [-0.15, -0.1) is 0 Å². The van der Waals surface area contributed by atoms with Crippen molar-refractivity contribution in [3.8, 4) is 5.75 Å². The second-order valence-electron chi connectivity index (χ2n) is 6.41. The predicted molar refractivity (Wildman–Crippen MR) is 120 cm³/mol. The average Bonchev–Trinajstić information content (AvgIpc) is 2.78. The predicted octanol–water partition coefficient (Wildman–Crippen LogP) is 4.61. The van der Waals surface area contributed by atoms with Gasteiger partial charge in [-0.25, -0.2) is 5.43 Å². The number of nitro benzene ring substituents is 2. The van der Waals surface area contributed by atoms with Gasteiger partial charge in [-0.2, -0.15) is 5.10 Å². The van der Waals surface area contributed by atoms with Gasteiger partial charge in [0.05, 0.1) is 20.5 Å². The summed E-state index contributed by atoms with van der Waals surface area (Å²) in [5.74, 6) is 0.0636. The molecule has 32 heavy (non-hydrogen) atoms. The van der Waals surface area contributed by atoms with Crippen LogP contribution in [0.25, 0.3) is 0 Å². The van der Waals surface area contributed by atoms with E-state index in [1.165, 1.54) is 42.6 Å². The van der Waals surface area contributed by atoms with Crippen LogP contribution >= 0.6 is 15.9 Å². The van der Waals surface area contributed by atoms with Crippen LogP contribution in [0.3, 0.4) is 0 Å². The molecule has 10 nitrogen and oxygen atoms in total. The van der Waals surface area contributed by atoms with Crippen molar-refractivity contribution >= 4 is 39.4 Å². The lowest BCUT2D eigenvalue weighted by molar-refractivity contribution is -0.385. The molecule has 0 spiro atoms. The highest BCUT2D eigenvalue weighted by atomic mass is 79.9. The van der Waals surface area contributed by atoms with Gasteiger partial charge in [0.15, 0.2) is 0 Å². The summed E-state index contributed by atoms with van der Waals surface area (Å²) in [5, 5.41) is 25.2. The molecule has 3 rings (SSSR count). The van der Waals surface area contributed by atoms with Crippen molar-refractivity contribution in [3.63, 3.8) is 0 Å². The highest BCUT2D eigenvalue weighted by molar-refractivity contribution is 9.10. The average molecular weight is 499 g/mol. The summed E-state index contributed by atoms with van der Waals surface area (Å²) in [6.07, 6.45) is 1.44. The normalized spacial score (nSPS) is 10.7. The number of nitro groups is 2. The molecule has 11 heteroatoms. The maximum Gasteiger partial charge on any atom is 0.271 e. The van der Waals surface area contributed by atoms with E-state index in [0.717, 1.165) is 5.56 Å². The minimum absolute atomic E-state index is 0.0132. The topological polar surface area (TPSA) is 137 Å². The number of hydrogen-bond donors (Lipinski definition) is 1. The van der Waals surface area contributed by atoms with Crippen molar-refractivity contribution in [2.24, 2.45) is 5.10 Å². The van der Waals surface area contributed by atoms with Crippen LogP contribution in [0.5, 0.6) is 5.75 Å². The van der Waals surface area contributed by atoms with Crippen LogP contribution in [0.2, 0.25) is 0 Å². The van der Waals surface area contributed by atoms with E-state index in [1.807, 2.05) is 0 Å². The third kappa shape index (κ3) is 5.95. The molecule has 0 saturated heterocycles. The molecule has 0 aliphatic carbocycles. The number of halogens is 1. The Hall–Kier alpha value is -4.12. The van der Waals surface area contributed by atoms with Crippen LogP contribution in [0.1, 0.15) is 21.5 Å². The van der Waals surface area contributed by atoms with Gasteiger partial charge in [0, 0.05) is 29.8 Å². The molecule has 0 saturated carbocycles. The quantitative estimate of drug-likeness (QED) is 0.273. The number of amides is 1. The van der Waals surface area contributed by atoms with Crippen LogP contribution in [-0.4, -0.2) is 22.0 Å². The molecule has 1 N–H and O–H groups in total. The van der Waals surface area contributed by atoms with Gasteiger partial charge < -0.3 is 4.74 Å². The van der Waals surface area contributed by atoms with Crippen molar-refractivity contribution in [2.45, 2.75) is 6.61 Å². The first kappa shape index (κ1) is 22.6. The standard InChI is InChI=1S/C21H15BrN4O6/c22-19-11-15(12-23-24-21(27)16-4-8-18(9-5-16)26(30)31)3-10-20(19)32-13-14-1-6-17(7-2-14)25(28)29/h1-12H,13H2,(H,24,27)/b23-12+. The van der Waals surface area contributed by atoms with E-state index < -0.39 is 15.8 Å². The highest BCUT2D eigenvalue weighted by Gasteiger charge is 2.09. The zero-order valence-electron chi connectivity index (χ0n) is 16.3. The Morgan fingerprint density at radius 3 is 2.12 bits per heavy atom. The number of rotatable bonds is 8. The van der Waals surface area contributed by atoms with E-state index in [-0.39, 0.29) is 23.5 Å². The van der Waals surface area contributed by atoms with Crippen molar-refractivity contribution in [2.75, 3.05) is 0 Å². The first-order chi connectivity index (χ1) is 15.3. The van der Waals surface area contributed by atoms with Gasteiger partial charge in [-0.3, -0.25) is 25.0 Å². The second kappa shape index (κ2) is 10.3. The van der Waals surface area contributed by atoms with Crippen molar-refractivity contribution in [1.29, 1.82) is 0 Å². The van der Waals surface area contributed by atoms with Gasteiger partial charge in [0.25, 0.3) is 17.3 Å². The molecule has 0 radical (unpaired) electrons. The Bertz CT molecular complexity index is 1180. The van der Waals surface area contributed by atoms with E-state index in [0.29, 0.717) is 15.8 Å². The molecule has 162 valence electrons. The molecule has 3 aromatic rings. The Morgan fingerprint density at radius 2 is 1.56 bits per heavy atom. The Labute approximate surface area is 190 Å². The zero-order valence-corrected chi connectivity index (χ0v) is 17.9. The minimum atomic E-state index is -0.545. The Morgan fingerprint density at radius 1 is 0.969 bits per heavy atom. The van der Waals surface area contributed by atoms with Gasteiger partial charge >= 0.3 is 0 Å². The number of ether oxygens (including phenoxy) is 1. The second-order valence-corrected chi connectivity index (χ2v) is 7.26. The summed E-state index contributed by atoms with van der Waals surface area (Å²) in [6.45, 7) is 0.231. The highest BCUT2D eigenvalue weighted by Crippen LogP contribution is 2.26. The third-order valence-electron chi connectivity index (χ3n) is 4.22. The first-order valence-electron chi connectivity index (χ1n) is 9.07. The van der Waals surface area contributed by atoms with E-state index in [4.69, 9.17) is 4.74 Å². The summed E-state index contributed by atoms with van der Waals surface area (Å²) < 4.78 is 6.38. The summed E-state index contributed by atoms with van der Waals surface area (Å²) in [4.78, 5) is 32.4. The number of hydrogen-bond acceptors (Lipinski definition) is 7. The van der Waals surface area contributed by atoms with E-state index in [9.17, 15) is 25.0 Å². The van der Waals surface area contributed by atoms with E-state index in [1.54, 1.807) is 30.3 Å². The number of nitrogens with one attached hydrogen (secondary N) is 1. The molecule has 1 amide bonds. The molecule has 0 bridgehead atoms. The molecule has 0 unspecified atom stereocenters. The number of carbonyl (C=O) groups excluding carboxylic acids is 1. The number of nitrogens with zero attached hydrogens (tertiary/aromatic N) is 3. The molecule has 0 aliphatic heterocycles. The Kier molecular flexibility index (Phi) is 7.24. The number of carbonyl (C=O) groups is 1. The van der Waals surface area contributed by atoms with Crippen LogP contribution in [-0.2, 0) is 6.61 Å². The molecular weight excluding hydrogens is 484 g/mol. The largest absolute Gasteiger partial charge is 0.488 e. The minimum Gasteiger partial charge on any atom is -0.488 e. The molecule has 0 aromatic heterocycles. The van der Waals surface area contributed by atoms with Gasteiger partial charge in [0.2, 0.25) is 0 Å². The molecular formula is C21H15BrN4O6. The summed E-state index contributed by atoms with van der Waals surface area (Å²) in [7, 11) is 0. The SMILES string of the molecule is O=C(N/N=C/c1ccc(OCc2ccc([N+](=O)[O-])cc2)c(Br)c1)c1ccc([N+](=O)[O-])cc1. The van der Waals surface area contributed by atoms with Crippen molar-refractivity contribution < 1.29 is 19.4 Å². The smallest absolute Gasteiger partial charge is 0.271 e. The molecule has 3 aromatic carbocycles. The number of benzene rings is 3. The van der Waals surface area contributed by atoms with Crippen LogP contribution in [0, 0.1) is 20.2 Å². The van der Waals surface area contributed by atoms with Crippen LogP contribution < -0.4 is 10.2 Å². The Balaban J connectivity index is 1.56. The fourth-order valence-corrected chi connectivity index (χ4v) is 3.06. The fraction of sp³-hybridized carbons (Fsp3) is 0.0476. The molecule has 0 aliphatic rings.